The largest absolute Gasteiger partial charge is 0.384 e. The summed E-state index contributed by atoms with van der Waals surface area (Å²) >= 11 is 0. The van der Waals surface area contributed by atoms with Gasteiger partial charge in [-0.2, -0.15) is 0 Å². The molecule has 0 radical (unpaired) electrons. The molecule has 20 heavy (non-hydrogen) atoms. The SMILES string of the molecule is COCc1nc(N)cc(N2CC3CCCN3CC2C)n1. The fourth-order valence-electron chi connectivity index (χ4n) is 3.35. The van der Waals surface area contributed by atoms with Crippen molar-refractivity contribution >= 4 is 11.6 Å². The number of methoxy groups -OCH3 is 1. The van der Waals surface area contributed by atoms with Gasteiger partial charge < -0.3 is 15.4 Å². The van der Waals surface area contributed by atoms with Gasteiger partial charge in [0.25, 0.3) is 0 Å². The van der Waals surface area contributed by atoms with Crippen LogP contribution in [0.2, 0.25) is 0 Å². The maximum atomic E-state index is 5.90. The van der Waals surface area contributed by atoms with E-state index < -0.39 is 0 Å². The van der Waals surface area contributed by atoms with E-state index >= 15 is 0 Å². The maximum Gasteiger partial charge on any atom is 0.158 e. The highest BCUT2D eigenvalue weighted by molar-refractivity contribution is 5.48. The van der Waals surface area contributed by atoms with Gasteiger partial charge in [0, 0.05) is 38.3 Å². The third kappa shape index (κ3) is 2.58. The number of fused-ring (bicyclic) bond motifs is 1. The maximum absolute atomic E-state index is 5.90. The van der Waals surface area contributed by atoms with Gasteiger partial charge in [0.1, 0.15) is 18.2 Å². The molecule has 0 spiro atoms. The molecule has 2 fully saturated rings. The standard InChI is InChI=1S/C14H23N5O/c1-10-7-18-5-3-4-11(18)8-19(10)14-6-12(15)16-13(17-14)9-20-2/h6,10-11H,3-5,7-9H2,1-2H3,(H2,15,16,17). The van der Waals surface area contributed by atoms with Gasteiger partial charge in [-0.3, -0.25) is 4.90 Å². The molecule has 0 aliphatic carbocycles. The number of anilines is 2. The van der Waals surface area contributed by atoms with Crippen LogP contribution in [0.5, 0.6) is 0 Å². The number of nitrogens with two attached hydrogens (primary N) is 1. The minimum atomic E-state index is 0.399. The van der Waals surface area contributed by atoms with Crippen LogP contribution in [0.3, 0.4) is 0 Å². The van der Waals surface area contributed by atoms with E-state index in [1.54, 1.807) is 7.11 Å². The monoisotopic (exact) mass is 277 g/mol. The first-order valence-electron chi connectivity index (χ1n) is 7.30. The van der Waals surface area contributed by atoms with Crippen molar-refractivity contribution in [2.45, 2.75) is 38.5 Å². The Morgan fingerprint density at radius 2 is 2.25 bits per heavy atom. The highest BCUT2D eigenvalue weighted by Crippen LogP contribution is 2.28. The number of hydrogen-bond donors (Lipinski definition) is 1. The van der Waals surface area contributed by atoms with Crippen molar-refractivity contribution in [1.29, 1.82) is 0 Å². The Kier molecular flexibility index (Phi) is 3.76. The van der Waals surface area contributed by atoms with Crippen LogP contribution < -0.4 is 10.6 Å². The molecule has 2 unspecified atom stereocenters. The van der Waals surface area contributed by atoms with Crippen molar-refractivity contribution in [2.75, 3.05) is 37.4 Å². The molecular formula is C14H23N5O. The van der Waals surface area contributed by atoms with E-state index in [0.717, 1.165) is 18.9 Å². The molecule has 1 aromatic heterocycles. The zero-order valence-corrected chi connectivity index (χ0v) is 12.2. The Balaban J connectivity index is 1.84. The lowest BCUT2D eigenvalue weighted by molar-refractivity contribution is 0.177. The summed E-state index contributed by atoms with van der Waals surface area (Å²) in [6.07, 6.45) is 2.60. The van der Waals surface area contributed by atoms with E-state index in [4.69, 9.17) is 10.5 Å². The van der Waals surface area contributed by atoms with E-state index in [0.29, 0.717) is 30.3 Å². The third-order valence-corrected chi connectivity index (χ3v) is 4.28. The number of ether oxygens (including phenoxy) is 1. The zero-order valence-electron chi connectivity index (χ0n) is 12.2. The lowest BCUT2D eigenvalue weighted by atomic mass is 10.1. The number of aromatic nitrogens is 2. The third-order valence-electron chi connectivity index (χ3n) is 4.28. The van der Waals surface area contributed by atoms with Gasteiger partial charge in [-0.1, -0.05) is 0 Å². The summed E-state index contributed by atoms with van der Waals surface area (Å²) in [4.78, 5) is 13.8. The second-order valence-electron chi connectivity index (χ2n) is 5.79. The van der Waals surface area contributed by atoms with Gasteiger partial charge in [0.05, 0.1) is 0 Å². The van der Waals surface area contributed by atoms with E-state index in [1.165, 1.54) is 19.4 Å². The van der Waals surface area contributed by atoms with Gasteiger partial charge in [0.2, 0.25) is 0 Å². The van der Waals surface area contributed by atoms with Crippen LogP contribution in [-0.4, -0.2) is 53.7 Å². The fourth-order valence-corrected chi connectivity index (χ4v) is 3.35. The molecule has 110 valence electrons. The number of hydrogen-bond acceptors (Lipinski definition) is 6. The lowest BCUT2D eigenvalue weighted by Gasteiger charge is -2.43. The highest BCUT2D eigenvalue weighted by Gasteiger charge is 2.35. The summed E-state index contributed by atoms with van der Waals surface area (Å²) in [5.41, 5.74) is 5.90. The number of nitrogen functional groups attached to an aromatic ring is 1. The van der Waals surface area contributed by atoms with Crippen molar-refractivity contribution in [3.8, 4) is 0 Å². The molecule has 2 atom stereocenters. The molecule has 3 rings (SSSR count). The first-order valence-corrected chi connectivity index (χ1v) is 7.30. The summed E-state index contributed by atoms with van der Waals surface area (Å²) in [7, 11) is 1.64. The van der Waals surface area contributed by atoms with E-state index in [2.05, 4.69) is 26.7 Å². The lowest BCUT2D eigenvalue weighted by Crippen LogP contribution is -2.55. The van der Waals surface area contributed by atoms with Gasteiger partial charge >= 0.3 is 0 Å². The van der Waals surface area contributed by atoms with Gasteiger partial charge in [-0.05, 0) is 26.3 Å². The summed E-state index contributed by atoms with van der Waals surface area (Å²) < 4.78 is 5.11. The molecule has 6 nitrogen and oxygen atoms in total. The van der Waals surface area contributed by atoms with Gasteiger partial charge in [-0.25, -0.2) is 9.97 Å². The summed E-state index contributed by atoms with van der Waals surface area (Å²) in [6, 6.07) is 2.99. The molecule has 1 aromatic rings. The molecule has 2 N–H and O–H groups in total. The summed E-state index contributed by atoms with van der Waals surface area (Å²) in [6.45, 7) is 6.03. The Bertz CT molecular complexity index is 481. The minimum absolute atomic E-state index is 0.399. The first-order chi connectivity index (χ1) is 9.67. The number of nitrogens with zero attached hydrogens (tertiary/aromatic N) is 4. The van der Waals surface area contributed by atoms with Crippen LogP contribution in [0.25, 0.3) is 0 Å². The van der Waals surface area contributed by atoms with Crippen LogP contribution in [-0.2, 0) is 11.3 Å². The van der Waals surface area contributed by atoms with Gasteiger partial charge in [-0.15, -0.1) is 0 Å². The van der Waals surface area contributed by atoms with Crippen LogP contribution in [0.4, 0.5) is 11.6 Å². The average Bonchev–Trinajstić information content (AvgIpc) is 2.84. The van der Waals surface area contributed by atoms with Crippen LogP contribution in [0.1, 0.15) is 25.6 Å². The number of piperazine rings is 1. The van der Waals surface area contributed by atoms with Crippen molar-refractivity contribution in [1.82, 2.24) is 14.9 Å². The molecule has 0 aromatic carbocycles. The van der Waals surface area contributed by atoms with Crippen molar-refractivity contribution < 1.29 is 4.74 Å². The van der Waals surface area contributed by atoms with Crippen LogP contribution in [0, 0.1) is 0 Å². The Morgan fingerprint density at radius 3 is 3.05 bits per heavy atom. The predicted molar refractivity (Wildman–Crippen MR) is 78.6 cm³/mol. The van der Waals surface area contributed by atoms with Crippen LogP contribution in [0.15, 0.2) is 6.07 Å². The Hall–Kier alpha value is -1.40. The Morgan fingerprint density at radius 1 is 1.40 bits per heavy atom. The predicted octanol–water partition coefficient (Wildman–Crippen LogP) is 0.878. The topological polar surface area (TPSA) is 67.5 Å². The molecule has 3 heterocycles. The van der Waals surface area contributed by atoms with Crippen molar-refractivity contribution in [2.24, 2.45) is 0 Å². The fraction of sp³-hybridized carbons (Fsp3) is 0.714. The normalized spacial score (nSPS) is 26.8. The number of rotatable bonds is 3. The summed E-state index contributed by atoms with van der Waals surface area (Å²) in [5, 5.41) is 0. The smallest absolute Gasteiger partial charge is 0.158 e. The minimum Gasteiger partial charge on any atom is -0.384 e. The molecule has 0 bridgehead atoms. The Labute approximate surface area is 119 Å². The second-order valence-corrected chi connectivity index (χ2v) is 5.79. The molecule has 0 saturated carbocycles. The van der Waals surface area contributed by atoms with Crippen LogP contribution >= 0.6 is 0 Å². The quantitative estimate of drug-likeness (QED) is 0.884. The van der Waals surface area contributed by atoms with E-state index in [1.807, 2.05) is 6.07 Å². The zero-order chi connectivity index (χ0) is 14.1. The molecule has 6 heteroatoms. The van der Waals surface area contributed by atoms with Crippen molar-refractivity contribution in [3.05, 3.63) is 11.9 Å². The first kappa shape index (κ1) is 13.6. The molecule has 2 aliphatic heterocycles. The molecule has 0 amide bonds. The molecular weight excluding hydrogens is 254 g/mol. The average molecular weight is 277 g/mol. The van der Waals surface area contributed by atoms with Crippen molar-refractivity contribution in [3.63, 3.8) is 0 Å². The van der Waals surface area contributed by atoms with Gasteiger partial charge in [0.15, 0.2) is 5.82 Å². The second kappa shape index (κ2) is 5.54. The highest BCUT2D eigenvalue weighted by atomic mass is 16.5. The molecule has 2 saturated heterocycles. The summed E-state index contributed by atoms with van der Waals surface area (Å²) in [5.74, 6) is 2.11. The van der Waals surface area contributed by atoms with E-state index in [9.17, 15) is 0 Å². The van der Waals surface area contributed by atoms with E-state index in [-0.39, 0.29) is 0 Å². The molecule has 2 aliphatic rings.